The third-order valence-corrected chi connectivity index (χ3v) is 3.94. The topological polar surface area (TPSA) is 99.3 Å². The van der Waals surface area contributed by atoms with Crippen LogP contribution in [0.15, 0.2) is 29.1 Å². The minimum absolute atomic E-state index is 0.0106. The van der Waals surface area contributed by atoms with Crippen LogP contribution in [0.4, 0.5) is 4.39 Å². The molecule has 1 aliphatic carbocycles. The van der Waals surface area contributed by atoms with Crippen LogP contribution in [0.5, 0.6) is 0 Å². The van der Waals surface area contributed by atoms with Gasteiger partial charge in [-0.3, -0.25) is 14.4 Å². The van der Waals surface area contributed by atoms with E-state index in [1.165, 1.54) is 12.1 Å². The summed E-state index contributed by atoms with van der Waals surface area (Å²) in [5.41, 5.74) is -1.10. The van der Waals surface area contributed by atoms with Gasteiger partial charge in [-0.2, -0.15) is 0 Å². The highest BCUT2D eigenvalue weighted by Crippen LogP contribution is 2.45. The molecule has 0 aliphatic heterocycles. The van der Waals surface area contributed by atoms with E-state index < -0.39 is 28.7 Å². The molecule has 0 unspecified atom stereocenters. The maximum absolute atomic E-state index is 13.2. The molecular weight excluding hydrogens is 291 g/mol. The molecule has 2 aromatic rings. The molecule has 1 aromatic heterocycles. The lowest BCUT2D eigenvalue weighted by atomic mass is 10.1. The molecule has 0 bridgehead atoms. The Labute approximate surface area is 124 Å². The van der Waals surface area contributed by atoms with E-state index in [2.05, 4.69) is 10.3 Å². The van der Waals surface area contributed by atoms with Crippen LogP contribution >= 0.6 is 0 Å². The van der Waals surface area contributed by atoms with Gasteiger partial charge < -0.3 is 15.4 Å². The van der Waals surface area contributed by atoms with Gasteiger partial charge >= 0.3 is 5.97 Å². The van der Waals surface area contributed by atoms with Crippen LogP contribution in [-0.2, 0) is 4.79 Å². The third-order valence-electron chi connectivity index (χ3n) is 3.94. The molecular formula is C15H13FN2O4. The van der Waals surface area contributed by atoms with Gasteiger partial charge in [-0.15, -0.1) is 0 Å². The third kappa shape index (κ3) is 2.45. The molecule has 0 atom stereocenters. The van der Waals surface area contributed by atoms with E-state index in [0.717, 1.165) is 12.1 Å². The highest BCUT2D eigenvalue weighted by atomic mass is 19.1. The van der Waals surface area contributed by atoms with Crippen LogP contribution in [0.25, 0.3) is 10.9 Å². The van der Waals surface area contributed by atoms with Crippen LogP contribution in [0.3, 0.4) is 0 Å². The van der Waals surface area contributed by atoms with E-state index in [9.17, 15) is 18.8 Å². The fourth-order valence-electron chi connectivity index (χ4n) is 2.38. The predicted molar refractivity (Wildman–Crippen MR) is 76.2 cm³/mol. The van der Waals surface area contributed by atoms with Crippen LogP contribution in [-0.4, -0.2) is 28.5 Å². The Balaban J connectivity index is 1.91. The Hall–Kier alpha value is -2.70. The highest BCUT2D eigenvalue weighted by molar-refractivity contribution is 6.06. The number of aromatic amines is 1. The zero-order valence-electron chi connectivity index (χ0n) is 11.5. The quantitative estimate of drug-likeness (QED) is 0.792. The maximum Gasteiger partial charge on any atom is 0.311 e. The Morgan fingerprint density at radius 2 is 2.05 bits per heavy atom. The average Bonchev–Trinajstić information content (AvgIpc) is 3.24. The number of hydrogen-bond acceptors (Lipinski definition) is 3. The summed E-state index contributed by atoms with van der Waals surface area (Å²) in [6.45, 7) is 0.0106. The zero-order valence-corrected chi connectivity index (χ0v) is 11.5. The van der Waals surface area contributed by atoms with Crippen LogP contribution in [0.1, 0.15) is 23.2 Å². The molecule has 3 rings (SSSR count). The number of aliphatic carboxylic acids is 1. The molecule has 114 valence electrons. The molecule has 3 N–H and O–H groups in total. The Bertz CT molecular complexity index is 839. The van der Waals surface area contributed by atoms with Gasteiger partial charge in [0, 0.05) is 18.0 Å². The zero-order chi connectivity index (χ0) is 15.9. The van der Waals surface area contributed by atoms with Crippen LogP contribution < -0.4 is 10.9 Å². The number of carboxylic acid groups (broad SMARTS) is 1. The number of aromatic nitrogens is 1. The van der Waals surface area contributed by atoms with Crippen molar-refractivity contribution in [3.63, 3.8) is 0 Å². The Morgan fingerprint density at radius 1 is 1.32 bits per heavy atom. The lowest BCUT2D eigenvalue weighted by Gasteiger charge is -2.12. The monoisotopic (exact) mass is 304 g/mol. The summed E-state index contributed by atoms with van der Waals surface area (Å²) in [7, 11) is 0. The maximum atomic E-state index is 13.2. The number of nitrogens with one attached hydrogen (secondary N) is 2. The van der Waals surface area contributed by atoms with Crippen LogP contribution in [0.2, 0.25) is 0 Å². The van der Waals surface area contributed by atoms with E-state index in [4.69, 9.17) is 5.11 Å². The predicted octanol–water partition coefficient (Wildman–Crippen LogP) is 1.26. The van der Waals surface area contributed by atoms with Crippen molar-refractivity contribution in [1.82, 2.24) is 10.3 Å². The molecule has 22 heavy (non-hydrogen) atoms. The lowest BCUT2D eigenvalue weighted by Crippen LogP contribution is -2.34. The summed E-state index contributed by atoms with van der Waals surface area (Å²) in [6.07, 6.45) is 1.04. The standard InChI is InChI=1S/C15H13FN2O4/c16-8-1-2-9-10(6-12(19)18-11(9)5-8)13(20)17-7-15(3-4-15)14(21)22/h1-2,5-6H,3-4,7H2,(H,17,20)(H,18,19)(H,21,22). The highest BCUT2D eigenvalue weighted by Gasteiger charge is 2.50. The van der Waals surface area contributed by atoms with Gasteiger partial charge in [-0.25, -0.2) is 4.39 Å². The molecule has 7 heteroatoms. The Morgan fingerprint density at radius 3 is 2.68 bits per heavy atom. The number of rotatable bonds is 4. The molecule has 1 amide bonds. The molecule has 1 heterocycles. The number of carbonyl (C=O) groups excluding carboxylic acids is 1. The van der Waals surface area contributed by atoms with Gasteiger partial charge in [-0.05, 0) is 31.0 Å². The second-order valence-electron chi connectivity index (χ2n) is 5.51. The normalized spacial score (nSPS) is 15.5. The first-order valence-corrected chi connectivity index (χ1v) is 6.75. The second-order valence-corrected chi connectivity index (χ2v) is 5.51. The fourth-order valence-corrected chi connectivity index (χ4v) is 2.38. The minimum atomic E-state index is -0.939. The number of halogens is 1. The average molecular weight is 304 g/mol. The summed E-state index contributed by atoms with van der Waals surface area (Å²) in [6, 6.07) is 4.85. The lowest BCUT2D eigenvalue weighted by molar-refractivity contribution is -0.143. The van der Waals surface area contributed by atoms with Crippen LogP contribution in [0, 0.1) is 11.2 Å². The number of carboxylic acids is 1. The number of fused-ring (bicyclic) bond motifs is 1. The van der Waals surface area contributed by atoms with Crippen molar-refractivity contribution in [2.45, 2.75) is 12.8 Å². The summed E-state index contributed by atoms with van der Waals surface area (Å²) >= 11 is 0. The van der Waals surface area contributed by atoms with E-state index in [1.807, 2.05) is 0 Å². The summed E-state index contributed by atoms with van der Waals surface area (Å²) in [4.78, 5) is 37.4. The number of benzene rings is 1. The van der Waals surface area contributed by atoms with E-state index >= 15 is 0 Å². The number of pyridine rings is 1. The smallest absolute Gasteiger partial charge is 0.311 e. The van der Waals surface area contributed by atoms with Gasteiger partial charge in [0.05, 0.1) is 16.5 Å². The number of hydrogen-bond donors (Lipinski definition) is 3. The fraction of sp³-hybridized carbons (Fsp3) is 0.267. The molecule has 1 aromatic carbocycles. The molecule has 0 radical (unpaired) electrons. The molecule has 0 saturated heterocycles. The summed E-state index contributed by atoms with van der Waals surface area (Å²) in [5, 5.41) is 12.0. The van der Waals surface area contributed by atoms with E-state index in [0.29, 0.717) is 18.2 Å². The van der Waals surface area contributed by atoms with Crippen molar-refractivity contribution in [3.05, 3.63) is 46.0 Å². The Kier molecular flexibility index (Phi) is 3.20. The minimum Gasteiger partial charge on any atom is -0.481 e. The summed E-state index contributed by atoms with van der Waals surface area (Å²) < 4.78 is 13.2. The molecule has 1 fully saturated rings. The molecule has 0 spiro atoms. The van der Waals surface area contributed by atoms with Gasteiger partial charge in [0.2, 0.25) is 5.56 Å². The van der Waals surface area contributed by atoms with Gasteiger partial charge in [0.15, 0.2) is 0 Å². The summed E-state index contributed by atoms with van der Waals surface area (Å²) in [5.74, 6) is -2.01. The van der Waals surface area contributed by atoms with Crippen molar-refractivity contribution in [3.8, 4) is 0 Å². The van der Waals surface area contributed by atoms with Gasteiger partial charge in [-0.1, -0.05) is 0 Å². The van der Waals surface area contributed by atoms with Crippen molar-refractivity contribution in [2.75, 3.05) is 6.54 Å². The first kappa shape index (κ1) is 14.2. The molecule has 1 saturated carbocycles. The first-order chi connectivity index (χ1) is 10.4. The molecule has 1 aliphatic rings. The van der Waals surface area contributed by atoms with Crippen molar-refractivity contribution >= 4 is 22.8 Å². The second kappa shape index (κ2) is 4.94. The number of carbonyl (C=O) groups is 2. The SMILES string of the molecule is O=C(NCC1(C(=O)O)CC1)c1cc(=O)[nH]c2cc(F)ccc12. The van der Waals surface area contributed by atoms with Crippen molar-refractivity contribution in [1.29, 1.82) is 0 Å². The molecule has 6 nitrogen and oxygen atoms in total. The number of H-pyrrole nitrogens is 1. The van der Waals surface area contributed by atoms with Crippen molar-refractivity contribution in [2.24, 2.45) is 5.41 Å². The van der Waals surface area contributed by atoms with Crippen molar-refractivity contribution < 1.29 is 19.1 Å². The first-order valence-electron chi connectivity index (χ1n) is 6.75. The van der Waals surface area contributed by atoms with E-state index in [1.54, 1.807) is 0 Å². The van der Waals surface area contributed by atoms with Gasteiger partial charge in [0.1, 0.15) is 5.82 Å². The van der Waals surface area contributed by atoms with E-state index in [-0.39, 0.29) is 17.6 Å². The number of amides is 1. The largest absolute Gasteiger partial charge is 0.481 e. The van der Waals surface area contributed by atoms with Gasteiger partial charge in [0.25, 0.3) is 5.91 Å².